The third-order valence-corrected chi connectivity index (χ3v) is 3.49. The molecule has 0 saturated heterocycles. The topological polar surface area (TPSA) is 55.0 Å². The number of hydrogen-bond acceptors (Lipinski definition) is 3. The molecule has 0 amide bonds. The first-order valence-electron chi connectivity index (χ1n) is 6.68. The summed E-state index contributed by atoms with van der Waals surface area (Å²) in [6.45, 7) is 0. The van der Waals surface area contributed by atoms with Crippen LogP contribution >= 0.6 is 11.6 Å². The summed E-state index contributed by atoms with van der Waals surface area (Å²) in [5, 5.41) is 0.698. The third kappa shape index (κ3) is 2.87. The summed E-state index contributed by atoms with van der Waals surface area (Å²) in [5.74, 6) is 0.270. The number of carbonyl (C=O) groups is 1. The fraction of sp³-hybridized carbons (Fsp3) is 0.0588. The minimum Gasteiger partial charge on any atom is -0.465 e. The fourth-order valence-corrected chi connectivity index (χ4v) is 2.28. The van der Waals surface area contributed by atoms with Crippen molar-refractivity contribution in [3.8, 4) is 0 Å². The molecular weight excluding hydrogens is 300 g/mol. The maximum absolute atomic E-state index is 11.7. The number of H-pyrrole nitrogens is 1. The lowest BCUT2D eigenvalue weighted by molar-refractivity contribution is 0.0603. The van der Waals surface area contributed by atoms with Gasteiger partial charge in [-0.1, -0.05) is 35.9 Å². The van der Waals surface area contributed by atoms with E-state index in [0.717, 1.165) is 11.1 Å². The molecule has 5 heteroatoms. The Morgan fingerprint density at radius 3 is 2.68 bits per heavy atom. The van der Waals surface area contributed by atoms with Gasteiger partial charge < -0.3 is 9.72 Å². The number of halogens is 1. The molecule has 22 heavy (non-hydrogen) atoms. The van der Waals surface area contributed by atoms with Crippen LogP contribution in [0.4, 0.5) is 0 Å². The summed E-state index contributed by atoms with van der Waals surface area (Å²) in [4.78, 5) is 19.4. The third-order valence-electron chi connectivity index (χ3n) is 3.24. The van der Waals surface area contributed by atoms with Crippen molar-refractivity contribution in [1.29, 1.82) is 0 Å². The molecule has 0 aliphatic rings. The molecule has 0 fully saturated rings. The van der Waals surface area contributed by atoms with Gasteiger partial charge in [0, 0.05) is 5.02 Å². The van der Waals surface area contributed by atoms with Crippen molar-refractivity contribution in [3.05, 3.63) is 64.4 Å². The molecule has 0 aliphatic heterocycles. The number of benzene rings is 2. The van der Waals surface area contributed by atoms with Gasteiger partial charge in [0.2, 0.25) is 0 Å². The highest BCUT2D eigenvalue weighted by atomic mass is 35.5. The summed E-state index contributed by atoms with van der Waals surface area (Å²) in [7, 11) is 1.36. The number of para-hydroxylation sites is 1. The Labute approximate surface area is 132 Å². The maximum Gasteiger partial charge on any atom is 0.340 e. The number of fused-ring (bicyclic) bond motifs is 1. The van der Waals surface area contributed by atoms with Gasteiger partial charge in [-0.15, -0.1) is 0 Å². The van der Waals surface area contributed by atoms with Crippen LogP contribution in [-0.2, 0) is 4.74 Å². The number of nitrogens with zero attached hydrogens (tertiary/aromatic N) is 1. The van der Waals surface area contributed by atoms with Crippen LogP contribution < -0.4 is 0 Å². The molecule has 1 aromatic heterocycles. The van der Waals surface area contributed by atoms with E-state index in [1.807, 2.05) is 42.5 Å². The van der Waals surface area contributed by atoms with Crippen LogP contribution in [0.3, 0.4) is 0 Å². The van der Waals surface area contributed by atoms with Gasteiger partial charge in [0.1, 0.15) is 11.3 Å². The van der Waals surface area contributed by atoms with Crippen molar-refractivity contribution in [2.45, 2.75) is 0 Å². The standard InChI is InChI=1S/C17H13ClN2O2/c1-22-17(21)13-3-2-4-14-16(13)20-15(19-14)10-7-11-5-8-12(18)9-6-11/h2-10H,1H3,(H,19,20)/b10-7+. The summed E-state index contributed by atoms with van der Waals surface area (Å²) in [5.41, 5.74) is 2.85. The maximum atomic E-state index is 11.7. The molecule has 3 aromatic rings. The summed E-state index contributed by atoms with van der Waals surface area (Å²) in [6, 6.07) is 12.8. The number of methoxy groups -OCH3 is 1. The van der Waals surface area contributed by atoms with Gasteiger partial charge in [-0.05, 0) is 35.9 Å². The van der Waals surface area contributed by atoms with Gasteiger partial charge >= 0.3 is 5.97 Å². The molecule has 2 aromatic carbocycles. The number of ether oxygens (including phenoxy) is 1. The van der Waals surface area contributed by atoms with E-state index in [9.17, 15) is 4.79 Å². The second-order valence-electron chi connectivity index (χ2n) is 4.70. The second-order valence-corrected chi connectivity index (χ2v) is 5.14. The highest BCUT2D eigenvalue weighted by Gasteiger charge is 2.12. The quantitative estimate of drug-likeness (QED) is 0.738. The zero-order chi connectivity index (χ0) is 15.5. The molecule has 0 bridgehead atoms. The summed E-state index contributed by atoms with van der Waals surface area (Å²) < 4.78 is 4.77. The summed E-state index contributed by atoms with van der Waals surface area (Å²) >= 11 is 5.86. The molecule has 1 N–H and O–H groups in total. The Hall–Kier alpha value is -2.59. The Morgan fingerprint density at radius 1 is 1.18 bits per heavy atom. The monoisotopic (exact) mass is 312 g/mol. The van der Waals surface area contributed by atoms with Crippen molar-refractivity contribution >= 4 is 40.8 Å². The van der Waals surface area contributed by atoms with Gasteiger partial charge in [-0.25, -0.2) is 9.78 Å². The molecule has 0 radical (unpaired) electrons. The molecule has 110 valence electrons. The first kappa shape index (κ1) is 14.4. The number of nitrogens with one attached hydrogen (secondary N) is 1. The molecule has 0 aliphatic carbocycles. The predicted octanol–water partition coefficient (Wildman–Crippen LogP) is 4.17. The van der Waals surface area contributed by atoms with E-state index in [2.05, 4.69) is 9.97 Å². The lowest BCUT2D eigenvalue weighted by Gasteiger charge is -1.98. The van der Waals surface area contributed by atoms with E-state index >= 15 is 0 Å². The molecule has 3 rings (SSSR count). The number of aromatic nitrogens is 2. The second kappa shape index (κ2) is 6.03. The average Bonchev–Trinajstić information content (AvgIpc) is 2.96. The SMILES string of the molecule is COC(=O)c1cccc2[nH]c(/C=C/c3ccc(Cl)cc3)nc12. The van der Waals surface area contributed by atoms with Crippen molar-refractivity contribution in [2.75, 3.05) is 7.11 Å². The van der Waals surface area contributed by atoms with Gasteiger partial charge in [0.25, 0.3) is 0 Å². The highest BCUT2D eigenvalue weighted by molar-refractivity contribution is 6.30. The first-order valence-corrected chi connectivity index (χ1v) is 7.06. The number of aromatic amines is 1. The van der Waals surface area contributed by atoms with Crippen LogP contribution in [0.15, 0.2) is 42.5 Å². The summed E-state index contributed by atoms with van der Waals surface area (Å²) in [6.07, 6.45) is 3.77. The van der Waals surface area contributed by atoms with E-state index < -0.39 is 5.97 Å². The molecule has 0 atom stereocenters. The van der Waals surface area contributed by atoms with E-state index in [-0.39, 0.29) is 0 Å². The van der Waals surface area contributed by atoms with Gasteiger partial charge in [-0.2, -0.15) is 0 Å². The van der Waals surface area contributed by atoms with E-state index in [4.69, 9.17) is 16.3 Å². The van der Waals surface area contributed by atoms with Crippen LogP contribution in [0.1, 0.15) is 21.7 Å². The van der Waals surface area contributed by atoms with E-state index in [1.165, 1.54) is 7.11 Å². The molecule has 4 nitrogen and oxygen atoms in total. The predicted molar refractivity (Wildman–Crippen MR) is 87.8 cm³/mol. The Bertz CT molecular complexity index is 851. The van der Waals surface area contributed by atoms with Gasteiger partial charge in [0.05, 0.1) is 18.2 Å². The largest absolute Gasteiger partial charge is 0.465 e. The fourth-order valence-electron chi connectivity index (χ4n) is 2.15. The highest BCUT2D eigenvalue weighted by Crippen LogP contribution is 2.19. The molecule has 0 unspecified atom stereocenters. The molecule has 0 spiro atoms. The molecular formula is C17H13ClN2O2. The van der Waals surface area contributed by atoms with Crippen molar-refractivity contribution in [3.63, 3.8) is 0 Å². The molecule has 0 saturated carbocycles. The van der Waals surface area contributed by atoms with Crippen LogP contribution in [0.5, 0.6) is 0 Å². The van der Waals surface area contributed by atoms with E-state index in [1.54, 1.807) is 12.1 Å². The van der Waals surface area contributed by atoms with Crippen LogP contribution in [0, 0.1) is 0 Å². The number of hydrogen-bond donors (Lipinski definition) is 1. The smallest absolute Gasteiger partial charge is 0.340 e. The lowest BCUT2D eigenvalue weighted by atomic mass is 10.2. The minimum atomic E-state index is -0.398. The van der Waals surface area contributed by atoms with Crippen LogP contribution in [0.25, 0.3) is 23.2 Å². The Balaban J connectivity index is 1.95. The number of imidazole rings is 1. The minimum absolute atomic E-state index is 0.398. The van der Waals surface area contributed by atoms with E-state index in [0.29, 0.717) is 21.9 Å². The normalized spacial score (nSPS) is 11.2. The zero-order valence-corrected chi connectivity index (χ0v) is 12.6. The van der Waals surface area contributed by atoms with Crippen LogP contribution in [-0.4, -0.2) is 23.0 Å². The Morgan fingerprint density at radius 2 is 1.95 bits per heavy atom. The van der Waals surface area contributed by atoms with Crippen LogP contribution in [0.2, 0.25) is 5.02 Å². The van der Waals surface area contributed by atoms with Crippen molar-refractivity contribution < 1.29 is 9.53 Å². The van der Waals surface area contributed by atoms with Gasteiger partial charge in [0.15, 0.2) is 0 Å². The average molecular weight is 313 g/mol. The lowest BCUT2D eigenvalue weighted by Crippen LogP contribution is -2.01. The number of carbonyl (C=O) groups excluding carboxylic acids is 1. The van der Waals surface area contributed by atoms with Crippen molar-refractivity contribution in [1.82, 2.24) is 9.97 Å². The van der Waals surface area contributed by atoms with Gasteiger partial charge in [-0.3, -0.25) is 0 Å². The number of esters is 1. The van der Waals surface area contributed by atoms with Crippen molar-refractivity contribution in [2.24, 2.45) is 0 Å². The first-order chi connectivity index (χ1) is 10.7. The number of rotatable bonds is 3. The zero-order valence-electron chi connectivity index (χ0n) is 11.8. The molecule has 1 heterocycles. The Kier molecular flexibility index (Phi) is 3.94.